The van der Waals surface area contributed by atoms with Crippen molar-refractivity contribution in [1.29, 1.82) is 0 Å². The van der Waals surface area contributed by atoms with Gasteiger partial charge in [0.15, 0.2) is 0 Å². The van der Waals surface area contributed by atoms with E-state index in [0.29, 0.717) is 6.04 Å². The van der Waals surface area contributed by atoms with E-state index in [1.807, 2.05) is 30.3 Å². The second-order valence-corrected chi connectivity index (χ2v) is 5.76. The maximum Gasteiger partial charge on any atom is 0.214 e. The van der Waals surface area contributed by atoms with Gasteiger partial charge in [-0.2, -0.15) is 4.68 Å². The van der Waals surface area contributed by atoms with Crippen molar-refractivity contribution in [3.63, 3.8) is 0 Å². The van der Waals surface area contributed by atoms with Crippen LogP contribution >= 0.6 is 11.8 Å². The van der Waals surface area contributed by atoms with Crippen LogP contribution in [0.1, 0.15) is 26.7 Å². The molecule has 5 nitrogen and oxygen atoms in total. The Balaban J connectivity index is 1.87. The van der Waals surface area contributed by atoms with Crippen molar-refractivity contribution in [2.75, 3.05) is 12.3 Å². The highest BCUT2D eigenvalue weighted by Gasteiger charge is 2.09. The standard InChI is InChI=1S/C14H21N5S/c1-3-10-15-12(2)9-11-20-14-16-17-18-19(14)13-7-5-4-6-8-13/h4-8,12,15H,3,9-11H2,1-2H3. The van der Waals surface area contributed by atoms with Crippen LogP contribution < -0.4 is 5.32 Å². The Bertz CT molecular complexity index is 499. The first-order valence-corrected chi connectivity index (χ1v) is 7.99. The van der Waals surface area contributed by atoms with E-state index in [2.05, 4.69) is 34.7 Å². The van der Waals surface area contributed by atoms with Crippen LogP contribution in [0, 0.1) is 0 Å². The van der Waals surface area contributed by atoms with Gasteiger partial charge in [-0.3, -0.25) is 0 Å². The van der Waals surface area contributed by atoms with Gasteiger partial charge in [0.05, 0.1) is 5.69 Å². The fraction of sp³-hybridized carbons (Fsp3) is 0.500. The van der Waals surface area contributed by atoms with E-state index in [1.165, 1.54) is 6.42 Å². The number of thioether (sulfide) groups is 1. The third-order valence-corrected chi connectivity index (χ3v) is 3.92. The van der Waals surface area contributed by atoms with Crippen molar-refractivity contribution >= 4 is 11.8 Å². The zero-order valence-electron chi connectivity index (χ0n) is 12.0. The molecule has 1 atom stereocenters. The summed E-state index contributed by atoms with van der Waals surface area (Å²) in [6.07, 6.45) is 2.27. The van der Waals surface area contributed by atoms with E-state index >= 15 is 0 Å². The zero-order valence-corrected chi connectivity index (χ0v) is 12.8. The first-order chi connectivity index (χ1) is 9.81. The molecule has 0 spiro atoms. The summed E-state index contributed by atoms with van der Waals surface area (Å²) in [7, 11) is 0. The minimum absolute atomic E-state index is 0.531. The van der Waals surface area contributed by atoms with Crippen molar-refractivity contribution in [1.82, 2.24) is 25.5 Å². The monoisotopic (exact) mass is 291 g/mol. The first kappa shape index (κ1) is 15.0. The van der Waals surface area contributed by atoms with Gasteiger partial charge in [-0.15, -0.1) is 5.10 Å². The summed E-state index contributed by atoms with van der Waals surface area (Å²) in [5, 5.41) is 16.3. The molecule has 1 aromatic heterocycles. The highest BCUT2D eigenvalue weighted by Crippen LogP contribution is 2.19. The predicted molar refractivity (Wildman–Crippen MR) is 82.3 cm³/mol. The van der Waals surface area contributed by atoms with Crippen LogP contribution in [0.15, 0.2) is 35.5 Å². The van der Waals surface area contributed by atoms with Gasteiger partial charge in [0.1, 0.15) is 0 Å². The molecule has 108 valence electrons. The summed E-state index contributed by atoms with van der Waals surface area (Å²) >= 11 is 1.70. The van der Waals surface area contributed by atoms with E-state index in [4.69, 9.17) is 0 Å². The molecule has 1 aromatic carbocycles. The highest BCUT2D eigenvalue weighted by molar-refractivity contribution is 7.99. The van der Waals surface area contributed by atoms with Crippen LogP contribution in [0.3, 0.4) is 0 Å². The van der Waals surface area contributed by atoms with Gasteiger partial charge in [0.25, 0.3) is 0 Å². The van der Waals surface area contributed by atoms with Gasteiger partial charge in [-0.1, -0.05) is 36.9 Å². The van der Waals surface area contributed by atoms with Crippen LogP contribution in [-0.2, 0) is 0 Å². The average molecular weight is 291 g/mol. The van der Waals surface area contributed by atoms with Crippen LogP contribution in [0.25, 0.3) is 5.69 Å². The Hall–Kier alpha value is -1.40. The number of aromatic nitrogens is 4. The molecule has 0 aliphatic heterocycles. The van der Waals surface area contributed by atoms with E-state index in [0.717, 1.165) is 29.6 Å². The third-order valence-electron chi connectivity index (χ3n) is 2.97. The molecule has 0 aliphatic carbocycles. The summed E-state index contributed by atoms with van der Waals surface area (Å²) in [6, 6.07) is 10.5. The second kappa shape index (κ2) is 8.01. The number of hydrogen-bond donors (Lipinski definition) is 1. The minimum Gasteiger partial charge on any atom is -0.314 e. The lowest BCUT2D eigenvalue weighted by atomic mass is 10.2. The number of benzene rings is 1. The molecule has 1 N–H and O–H groups in total. The number of nitrogens with zero attached hydrogens (tertiary/aromatic N) is 4. The number of rotatable bonds is 8. The first-order valence-electron chi connectivity index (χ1n) is 7.01. The van der Waals surface area contributed by atoms with Crippen molar-refractivity contribution in [2.45, 2.75) is 37.9 Å². The summed E-state index contributed by atoms with van der Waals surface area (Å²) in [6.45, 7) is 5.48. The molecule has 0 saturated heterocycles. The van der Waals surface area contributed by atoms with Gasteiger partial charge in [-0.05, 0) is 48.9 Å². The van der Waals surface area contributed by atoms with Gasteiger partial charge in [0.2, 0.25) is 5.16 Å². The fourth-order valence-corrected chi connectivity index (χ4v) is 2.83. The van der Waals surface area contributed by atoms with Gasteiger partial charge >= 0.3 is 0 Å². The Morgan fingerprint density at radius 1 is 1.30 bits per heavy atom. The summed E-state index contributed by atoms with van der Waals surface area (Å²) < 4.78 is 1.79. The molecule has 1 unspecified atom stereocenters. The lowest BCUT2D eigenvalue weighted by Gasteiger charge is -2.12. The zero-order chi connectivity index (χ0) is 14.2. The topological polar surface area (TPSA) is 55.6 Å². The molecular formula is C14H21N5S. The number of hydrogen-bond acceptors (Lipinski definition) is 5. The molecule has 0 fully saturated rings. The largest absolute Gasteiger partial charge is 0.314 e. The lowest BCUT2D eigenvalue weighted by Crippen LogP contribution is -2.27. The maximum atomic E-state index is 4.10. The van der Waals surface area contributed by atoms with Crippen molar-refractivity contribution in [3.8, 4) is 5.69 Å². The molecule has 0 saturated carbocycles. The summed E-state index contributed by atoms with van der Waals surface area (Å²) in [4.78, 5) is 0. The molecule has 0 bridgehead atoms. The number of para-hydroxylation sites is 1. The molecule has 6 heteroatoms. The Morgan fingerprint density at radius 3 is 2.85 bits per heavy atom. The quantitative estimate of drug-likeness (QED) is 0.757. The Kier molecular flexibility index (Phi) is 6.01. The van der Waals surface area contributed by atoms with E-state index in [9.17, 15) is 0 Å². The summed E-state index contributed by atoms with van der Waals surface area (Å²) in [5.41, 5.74) is 0.997. The maximum absolute atomic E-state index is 4.10. The smallest absolute Gasteiger partial charge is 0.214 e. The fourth-order valence-electron chi connectivity index (χ4n) is 1.82. The lowest BCUT2D eigenvalue weighted by molar-refractivity contribution is 0.536. The number of nitrogens with one attached hydrogen (secondary N) is 1. The molecular weight excluding hydrogens is 270 g/mol. The van der Waals surface area contributed by atoms with E-state index in [-0.39, 0.29) is 0 Å². The number of tetrazole rings is 1. The summed E-state index contributed by atoms with van der Waals surface area (Å²) in [5.74, 6) is 1.01. The van der Waals surface area contributed by atoms with E-state index < -0.39 is 0 Å². The van der Waals surface area contributed by atoms with Crippen LogP contribution in [0.5, 0.6) is 0 Å². The molecule has 2 rings (SSSR count). The molecule has 0 radical (unpaired) electrons. The normalized spacial score (nSPS) is 12.5. The van der Waals surface area contributed by atoms with Crippen molar-refractivity contribution < 1.29 is 0 Å². The third kappa shape index (κ3) is 4.31. The van der Waals surface area contributed by atoms with Crippen molar-refractivity contribution in [2.24, 2.45) is 0 Å². The molecule has 0 amide bonds. The van der Waals surface area contributed by atoms with Gasteiger partial charge in [0, 0.05) is 11.8 Å². The SMILES string of the molecule is CCCNC(C)CCSc1nnnn1-c1ccccc1. The molecule has 20 heavy (non-hydrogen) atoms. The average Bonchev–Trinajstić information content (AvgIpc) is 2.94. The minimum atomic E-state index is 0.531. The predicted octanol–water partition coefficient (Wildman–Crippen LogP) is 2.53. The van der Waals surface area contributed by atoms with Crippen LogP contribution in [0.2, 0.25) is 0 Å². The van der Waals surface area contributed by atoms with Crippen molar-refractivity contribution in [3.05, 3.63) is 30.3 Å². The van der Waals surface area contributed by atoms with Crippen LogP contribution in [0.4, 0.5) is 0 Å². The Morgan fingerprint density at radius 2 is 2.10 bits per heavy atom. The molecule has 2 aromatic rings. The highest BCUT2D eigenvalue weighted by atomic mass is 32.2. The Labute approximate surface area is 124 Å². The molecule has 1 heterocycles. The second-order valence-electron chi connectivity index (χ2n) is 4.70. The molecule has 0 aliphatic rings. The van der Waals surface area contributed by atoms with Gasteiger partial charge < -0.3 is 5.32 Å². The van der Waals surface area contributed by atoms with Crippen LogP contribution in [-0.4, -0.2) is 38.5 Å². The van der Waals surface area contributed by atoms with Gasteiger partial charge in [-0.25, -0.2) is 0 Å². The van der Waals surface area contributed by atoms with E-state index in [1.54, 1.807) is 16.4 Å².